The highest BCUT2D eigenvalue weighted by atomic mass is 32.1. The molecule has 0 aliphatic heterocycles. The Hall–Kier alpha value is -1.36. The van der Waals surface area contributed by atoms with Crippen LogP contribution in [0.3, 0.4) is 0 Å². The third-order valence-electron chi connectivity index (χ3n) is 2.98. The zero-order valence-electron chi connectivity index (χ0n) is 12.5. The van der Waals surface area contributed by atoms with E-state index in [1.807, 2.05) is 18.2 Å². The molecular weight excluding hydrogens is 282 g/mol. The SMILES string of the molecule is CCCNCc1cccc(OCCOCc2cccs2)c1. The first-order valence-electron chi connectivity index (χ1n) is 7.41. The van der Waals surface area contributed by atoms with Crippen molar-refractivity contribution in [2.75, 3.05) is 19.8 Å². The quantitative estimate of drug-likeness (QED) is 0.676. The fourth-order valence-electron chi connectivity index (χ4n) is 1.94. The minimum atomic E-state index is 0.581. The molecule has 1 N–H and O–H groups in total. The number of nitrogens with one attached hydrogen (secondary N) is 1. The molecule has 1 aromatic carbocycles. The molecule has 0 spiro atoms. The van der Waals surface area contributed by atoms with Crippen molar-refractivity contribution in [2.24, 2.45) is 0 Å². The van der Waals surface area contributed by atoms with Crippen molar-refractivity contribution in [1.29, 1.82) is 0 Å². The average Bonchev–Trinajstić information content (AvgIpc) is 3.01. The van der Waals surface area contributed by atoms with Gasteiger partial charge in [-0.25, -0.2) is 0 Å². The smallest absolute Gasteiger partial charge is 0.119 e. The number of benzene rings is 1. The van der Waals surface area contributed by atoms with Gasteiger partial charge >= 0.3 is 0 Å². The van der Waals surface area contributed by atoms with Gasteiger partial charge in [-0.15, -0.1) is 11.3 Å². The molecule has 3 nitrogen and oxygen atoms in total. The normalized spacial score (nSPS) is 10.7. The van der Waals surface area contributed by atoms with Crippen molar-refractivity contribution in [3.05, 3.63) is 52.2 Å². The van der Waals surface area contributed by atoms with Crippen LogP contribution in [-0.4, -0.2) is 19.8 Å². The molecule has 0 amide bonds. The van der Waals surface area contributed by atoms with E-state index < -0.39 is 0 Å². The Morgan fingerprint density at radius 3 is 2.90 bits per heavy atom. The summed E-state index contributed by atoms with van der Waals surface area (Å²) in [4.78, 5) is 1.25. The van der Waals surface area contributed by atoms with E-state index in [1.54, 1.807) is 11.3 Å². The lowest BCUT2D eigenvalue weighted by atomic mass is 10.2. The molecule has 0 fully saturated rings. The highest BCUT2D eigenvalue weighted by Crippen LogP contribution is 2.13. The first-order valence-corrected chi connectivity index (χ1v) is 8.29. The minimum absolute atomic E-state index is 0.581. The highest BCUT2D eigenvalue weighted by Gasteiger charge is 1.98. The zero-order chi connectivity index (χ0) is 14.8. The van der Waals surface area contributed by atoms with E-state index in [0.29, 0.717) is 19.8 Å². The molecule has 114 valence electrons. The second-order valence-corrected chi connectivity index (χ2v) is 5.84. The maximum atomic E-state index is 5.72. The summed E-state index contributed by atoms with van der Waals surface area (Å²) in [7, 11) is 0. The Morgan fingerprint density at radius 1 is 1.14 bits per heavy atom. The Morgan fingerprint density at radius 2 is 2.10 bits per heavy atom. The molecule has 1 heterocycles. The summed E-state index contributed by atoms with van der Waals surface area (Å²) >= 11 is 1.72. The lowest BCUT2D eigenvalue weighted by molar-refractivity contribution is 0.0905. The number of thiophene rings is 1. The van der Waals surface area contributed by atoms with Crippen LogP contribution in [-0.2, 0) is 17.9 Å². The fraction of sp³-hybridized carbons (Fsp3) is 0.412. The van der Waals surface area contributed by atoms with Crippen LogP contribution in [0.5, 0.6) is 5.75 Å². The van der Waals surface area contributed by atoms with E-state index >= 15 is 0 Å². The van der Waals surface area contributed by atoms with Crippen molar-refractivity contribution in [2.45, 2.75) is 26.5 Å². The molecule has 0 saturated carbocycles. The Kier molecular flexibility index (Phi) is 7.29. The molecule has 0 bridgehead atoms. The van der Waals surface area contributed by atoms with Crippen LogP contribution >= 0.6 is 11.3 Å². The van der Waals surface area contributed by atoms with E-state index in [1.165, 1.54) is 10.4 Å². The molecule has 0 saturated heterocycles. The maximum Gasteiger partial charge on any atom is 0.119 e. The monoisotopic (exact) mass is 305 g/mol. The van der Waals surface area contributed by atoms with Gasteiger partial charge in [-0.1, -0.05) is 25.1 Å². The third kappa shape index (κ3) is 6.29. The highest BCUT2D eigenvalue weighted by molar-refractivity contribution is 7.09. The average molecular weight is 305 g/mol. The van der Waals surface area contributed by atoms with Gasteiger partial charge in [0.15, 0.2) is 0 Å². The van der Waals surface area contributed by atoms with E-state index in [-0.39, 0.29) is 0 Å². The van der Waals surface area contributed by atoms with Gasteiger partial charge in [0.2, 0.25) is 0 Å². The topological polar surface area (TPSA) is 30.5 Å². The van der Waals surface area contributed by atoms with E-state index in [0.717, 1.165) is 25.3 Å². The number of hydrogen-bond donors (Lipinski definition) is 1. The third-order valence-corrected chi connectivity index (χ3v) is 3.83. The molecule has 0 radical (unpaired) electrons. The van der Waals surface area contributed by atoms with Gasteiger partial charge in [-0.3, -0.25) is 0 Å². The molecular formula is C17H23NO2S. The van der Waals surface area contributed by atoms with Crippen molar-refractivity contribution >= 4 is 11.3 Å². The lowest BCUT2D eigenvalue weighted by Crippen LogP contribution is -2.13. The Bertz CT molecular complexity index is 499. The van der Waals surface area contributed by atoms with Crippen LogP contribution in [0.2, 0.25) is 0 Å². The Balaban J connectivity index is 1.64. The summed E-state index contributed by atoms with van der Waals surface area (Å²) in [6.07, 6.45) is 1.15. The van der Waals surface area contributed by atoms with Crippen LogP contribution in [0.1, 0.15) is 23.8 Å². The molecule has 0 aliphatic rings. The van der Waals surface area contributed by atoms with Crippen molar-refractivity contribution < 1.29 is 9.47 Å². The predicted molar refractivity (Wildman–Crippen MR) is 87.9 cm³/mol. The first kappa shape index (κ1) is 16.0. The van der Waals surface area contributed by atoms with E-state index in [2.05, 4.69) is 35.8 Å². The number of ether oxygens (including phenoxy) is 2. The van der Waals surface area contributed by atoms with Gasteiger partial charge in [0.05, 0.1) is 13.2 Å². The van der Waals surface area contributed by atoms with Crippen LogP contribution in [0.4, 0.5) is 0 Å². The van der Waals surface area contributed by atoms with Gasteiger partial charge in [-0.05, 0) is 42.1 Å². The predicted octanol–water partition coefficient (Wildman–Crippen LogP) is 3.84. The molecule has 2 aromatic rings. The van der Waals surface area contributed by atoms with Gasteiger partial charge < -0.3 is 14.8 Å². The van der Waals surface area contributed by atoms with Gasteiger partial charge in [0.1, 0.15) is 12.4 Å². The Labute approximate surface area is 130 Å². The van der Waals surface area contributed by atoms with E-state index in [4.69, 9.17) is 9.47 Å². The molecule has 0 unspecified atom stereocenters. The van der Waals surface area contributed by atoms with Gasteiger partial charge in [0.25, 0.3) is 0 Å². The molecule has 0 aliphatic carbocycles. The molecule has 4 heteroatoms. The fourth-order valence-corrected chi connectivity index (χ4v) is 2.58. The van der Waals surface area contributed by atoms with Crippen molar-refractivity contribution in [3.8, 4) is 5.75 Å². The largest absolute Gasteiger partial charge is 0.491 e. The summed E-state index contributed by atoms with van der Waals surface area (Å²) in [5.74, 6) is 0.908. The van der Waals surface area contributed by atoms with Crippen molar-refractivity contribution in [3.63, 3.8) is 0 Å². The van der Waals surface area contributed by atoms with Gasteiger partial charge in [0, 0.05) is 11.4 Å². The maximum absolute atomic E-state index is 5.72. The summed E-state index contributed by atoms with van der Waals surface area (Å²) in [6, 6.07) is 12.3. The van der Waals surface area contributed by atoms with Crippen LogP contribution in [0.15, 0.2) is 41.8 Å². The molecule has 21 heavy (non-hydrogen) atoms. The molecule has 2 rings (SSSR count). The summed E-state index contributed by atoms with van der Waals surface area (Å²) < 4.78 is 11.3. The second kappa shape index (κ2) is 9.55. The standard InChI is InChI=1S/C17H23NO2S/c1-2-8-18-13-15-5-3-6-16(12-15)20-10-9-19-14-17-7-4-11-21-17/h3-7,11-12,18H,2,8-10,13-14H2,1H3. The van der Waals surface area contributed by atoms with Crippen molar-refractivity contribution in [1.82, 2.24) is 5.32 Å². The van der Waals surface area contributed by atoms with Gasteiger partial charge in [-0.2, -0.15) is 0 Å². The van der Waals surface area contributed by atoms with Crippen LogP contribution in [0, 0.1) is 0 Å². The van der Waals surface area contributed by atoms with Crippen LogP contribution in [0.25, 0.3) is 0 Å². The molecule has 0 atom stereocenters. The summed E-state index contributed by atoms with van der Waals surface area (Å²) in [5.41, 5.74) is 1.25. The number of hydrogen-bond acceptors (Lipinski definition) is 4. The minimum Gasteiger partial charge on any atom is -0.491 e. The van der Waals surface area contributed by atoms with Crippen LogP contribution < -0.4 is 10.1 Å². The lowest BCUT2D eigenvalue weighted by Gasteiger charge is -2.09. The molecule has 1 aromatic heterocycles. The number of rotatable bonds is 10. The first-order chi connectivity index (χ1) is 10.4. The second-order valence-electron chi connectivity index (χ2n) is 4.80. The van der Waals surface area contributed by atoms with E-state index in [9.17, 15) is 0 Å². The zero-order valence-corrected chi connectivity index (χ0v) is 13.3. The summed E-state index contributed by atoms with van der Waals surface area (Å²) in [6.45, 7) is 5.96. The summed E-state index contributed by atoms with van der Waals surface area (Å²) in [5, 5.41) is 5.45.